The quantitative estimate of drug-likeness (QED) is 0.636. The molecule has 1 aliphatic heterocycles. The maximum atomic E-state index is 12.9. The van der Waals surface area contributed by atoms with E-state index in [2.05, 4.69) is 24.3 Å². The van der Waals surface area contributed by atoms with Gasteiger partial charge in [-0.1, -0.05) is 44.1 Å². The number of carbonyl (C=O) groups is 2. The molecule has 4 rings (SSSR count). The lowest BCUT2D eigenvalue weighted by atomic mass is 10.0. The molecule has 1 saturated heterocycles. The van der Waals surface area contributed by atoms with E-state index in [0.717, 1.165) is 16.6 Å². The molecule has 2 aromatic heterocycles. The lowest BCUT2D eigenvalue weighted by molar-refractivity contribution is -0.0257. The first-order valence-corrected chi connectivity index (χ1v) is 11.0. The van der Waals surface area contributed by atoms with Gasteiger partial charge in [-0.05, 0) is 24.5 Å². The van der Waals surface area contributed by atoms with Crippen molar-refractivity contribution in [2.45, 2.75) is 33.3 Å². The Kier molecular flexibility index (Phi) is 6.50. The molecule has 0 bridgehead atoms. The molecule has 0 saturated carbocycles. The van der Waals surface area contributed by atoms with E-state index >= 15 is 0 Å². The number of ether oxygens (including phenoxy) is 1. The third-order valence-corrected chi connectivity index (χ3v) is 5.47. The first-order valence-electron chi connectivity index (χ1n) is 11.0. The summed E-state index contributed by atoms with van der Waals surface area (Å²) < 4.78 is 11.2. The maximum absolute atomic E-state index is 12.9. The van der Waals surface area contributed by atoms with Gasteiger partial charge in [0.05, 0.1) is 35.6 Å². The summed E-state index contributed by atoms with van der Waals surface area (Å²) in [5, 5.41) is 7.68. The largest absolute Gasteiger partial charge is 0.368 e. The second kappa shape index (κ2) is 9.48. The molecular formula is C24H28N4O4. The van der Waals surface area contributed by atoms with Crippen LogP contribution in [0.5, 0.6) is 0 Å². The van der Waals surface area contributed by atoms with E-state index in [-0.39, 0.29) is 17.6 Å². The number of carbonyl (C=O) groups excluding carboxylic acids is 2. The third-order valence-electron chi connectivity index (χ3n) is 5.47. The van der Waals surface area contributed by atoms with Crippen LogP contribution < -0.4 is 5.32 Å². The van der Waals surface area contributed by atoms with Crippen LogP contribution in [0, 0.1) is 5.92 Å². The number of para-hydroxylation sites is 1. The number of nitrogens with zero attached hydrogens (tertiary/aromatic N) is 3. The molecule has 0 radical (unpaired) electrons. The van der Waals surface area contributed by atoms with Gasteiger partial charge in [-0.3, -0.25) is 9.59 Å². The van der Waals surface area contributed by atoms with Gasteiger partial charge in [0, 0.05) is 24.5 Å². The third kappa shape index (κ3) is 4.65. The molecule has 0 aliphatic carbocycles. The normalized spacial score (nSPS) is 16.5. The van der Waals surface area contributed by atoms with E-state index in [1.807, 2.05) is 31.2 Å². The summed E-state index contributed by atoms with van der Waals surface area (Å²) in [7, 11) is 0. The number of aromatic nitrogens is 2. The van der Waals surface area contributed by atoms with Crippen molar-refractivity contribution in [1.29, 1.82) is 0 Å². The molecule has 1 N–H and O–H groups in total. The van der Waals surface area contributed by atoms with Gasteiger partial charge in [0.25, 0.3) is 11.8 Å². The fourth-order valence-electron chi connectivity index (χ4n) is 3.69. The fourth-order valence-corrected chi connectivity index (χ4v) is 3.69. The second-order valence-corrected chi connectivity index (χ2v) is 8.36. The number of aryl methyl sites for hydroxylation is 1. The van der Waals surface area contributed by atoms with Gasteiger partial charge < -0.3 is 19.5 Å². The predicted molar refractivity (Wildman–Crippen MR) is 119 cm³/mol. The Bertz CT molecular complexity index is 1120. The predicted octanol–water partition coefficient (Wildman–Crippen LogP) is 3.38. The minimum absolute atomic E-state index is 0.143. The summed E-state index contributed by atoms with van der Waals surface area (Å²) in [5.41, 5.74) is 2.64. The van der Waals surface area contributed by atoms with Crippen LogP contribution in [-0.2, 0) is 11.2 Å². The standard InChI is InChI=1S/C24H28N4O4/c1-4-16-11-21(32-27-16)24(30)28-9-10-31-22(14-28)20-12-18(23(29)25-13-15(2)3)17-7-5-6-8-19(17)26-20/h5-8,11-12,15,22H,4,9-10,13-14H2,1-3H3,(H,25,29). The highest BCUT2D eigenvalue weighted by Crippen LogP contribution is 2.27. The van der Waals surface area contributed by atoms with Gasteiger partial charge in [-0.15, -0.1) is 0 Å². The highest BCUT2D eigenvalue weighted by molar-refractivity contribution is 6.06. The van der Waals surface area contributed by atoms with E-state index in [0.29, 0.717) is 49.8 Å². The van der Waals surface area contributed by atoms with Crippen LogP contribution in [0.4, 0.5) is 0 Å². The van der Waals surface area contributed by atoms with Crippen molar-refractivity contribution in [2.75, 3.05) is 26.2 Å². The Morgan fingerprint density at radius 1 is 1.25 bits per heavy atom. The summed E-state index contributed by atoms with van der Waals surface area (Å²) in [6, 6.07) is 11.0. The van der Waals surface area contributed by atoms with Crippen LogP contribution in [-0.4, -0.2) is 53.1 Å². The Balaban J connectivity index is 1.60. The smallest absolute Gasteiger partial charge is 0.292 e. The van der Waals surface area contributed by atoms with E-state index in [1.165, 1.54) is 0 Å². The zero-order valence-electron chi connectivity index (χ0n) is 18.6. The van der Waals surface area contributed by atoms with Gasteiger partial charge in [-0.2, -0.15) is 0 Å². The van der Waals surface area contributed by atoms with Crippen molar-refractivity contribution < 1.29 is 18.8 Å². The van der Waals surface area contributed by atoms with Crippen LogP contribution >= 0.6 is 0 Å². The van der Waals surface area contributed by atoms with Crippen LogP contribution in [0.15, 0.2) is 40.9 Å². The average molecular weight is 437 g/mol. The van der Waals surface area contributed by atoms with E-state index < -0.39 is 6.10 Å². The van der Waals surface area contributed by atoms with Crippen molar-refractivity contribution >= 4 is 22.7 Å². The zero-order valence-corrected chi connectivity index (χ0v) is 18.6. The minimum atomic E-state index is -0.442. The Morgan fingerprint density at radius 2 is 2.06 bits per heavy atom. The number of pyridine rings is 1. The highest BCUT2D eigenvalue weighted by atomic mass is 16.5. The molecule has 1 aromatic carbocycles. The topological polar surface area (TPSA) is 97.6 Å². The number of benzene rings is 1. The molecule has 1 unspecified atom stereocenters. The lowest BCUT2D eigenvalue weighted by Crippen LogP contribution is -2.42. The molecule has 1 fully saturated rings. The molecule has 3 aromatic rings. The first kappa shape index (κ1) is 22.0. The van der Waals surface area contributed by atoms with Gasteiger partial charge in [-0.25, -0.2) is 4.98 Å². The fraction of sp³-hybridized carbons (Fsp3) is 0.417. The second-order valence-electron chi connectivity index (χ2n) is 8.36. The maximum Gasteiger partial charge on any atom is 0.292 e. The van der Waals surface area contributed by atoms with Crippen molar-refractivity contribution in [3.8, 4) is 0 Å². The number of morpholine rings is 1. The molecule has 2 amide bonds. The number of rotatable bonds is 6. The van der Waals surface area contributed by atoms with Gasteiger partial charge in [0.2, 0.25) is 5.76 Å². The van der Waals surface area contributed by atoms with E-state index in [1.54, 1.807) is 17.0 Å². The molecule has 0 spiro atoms. The van der Waals surface area contributed by atoms with Crippen molar-refractivity contribution in [3.63, 3.8) is 0 Å². The summed E-state index contributed by atoms with van der Waals surface area (Å²) in [6.45, 7) is 7.79. The summed E-state index contributed by atoms with van der Waals surface area (Å²) in [6.07, 6.45) is 0.257. The van der Waals surface area contributed by atoms with Gasteiger partial charge in [0.15, 0.2) is 0 Å². The van der Waals surface area contributed by atoms with E-state index in [9.17, 15) is 9.59 Å². The average Bonchev–Trinajstić information content (AvgIpc) is 3.30. The lowest BCUT2D eigenvalue weighted by Gasteiger charge is -2.32. The van der Waals surface area contributed by atoms with Crippen LogP contribution in [0.25, 0.3) is 10.9 Å². The Labute approximate surface area is 186 Å². The Morgan fingerprint density at radius 3 is 2.81 bits per heavy atom. The summed E-state index contributed by atoms with van der Waals surface area (Å²) in [5.74, 6) is 0.206. The molecule has 1 atom stereocenters. The number of amides is 2. The number of nitrogens with one attached hydrogen (secondary N) is 1. The summed E-state index contributed by atoms with van der Waals surface area (Å²) >= 11 is 0. The molecule has 3 heterocycles. The molecular weight excluding hydrogens is 408 g/mol. The highest BCUT2D eigenvalue weighted by Gasteiger charge is 2.30. The van der Waals surface area contributed by atoms with Gasteiger partial charge in [0.1, 0.15) is 6.10 Å². The van der Waals surface area contributed by atoms with Crippen molar-refractivity contribution in [1.82, 2.24) is 20.4 Å². The molecule has 1 aliphatic rings. The molecule has 8 nitrogen and oxygen atoms in total. The SMILES string of the molecule is CCc1cc(C(=O)N2CCOC(c3cc(C(=O)NCC(C)C)c4ccccc4n3)C2)on1. The molecule has 168 valence electrons. The van der Waals surface area contributed by atoms with Crippen molar-refractivity contribution in [2.24, 2.45) is 5.92 Å². The van der Waals surface area contributed by atoms with Crippen molar-refractivity contribution in [3.05, 3.63) is 59.1 Å². The minimum Gasteiger partial charge on any atom is -0.368 e. The van der Waals surface area contributed by atoms with Crippen LogP contribution in [0.1, 0.15) is 59.2 Å². The van der Waals surface area contributed by atoms with Gasteiger partial charge >= 0.3 is 0 Å². The number of hydrogen-bond acceptors (Lipinski definition) is 6. The monoisotopic (exact) mass is 436 g/mol. The number of hydrogen-bond donors (Lipinski definition) is 1. The molecule has 32 heavy (non-hydrogen) atoms. The van der Waals surface area contributed by atoms with E-state index in [4.69, 9.17) is 14.2 Å². The van der Waals surface area contributed by atoms with Crippen LogP contribution in [0.3, 0.4) is 0 Å². The molecule has 8 heteroatoms. The Hall–Kier alpha value is -3.26. The van der Waals surface area contributed by atoms with Crippen LogP contribution in [0.2, 0.25) is 0 Å². The number of fused-ring (bicyclic) bond motifs is 1. The summed E-state index contributed by atoms with van der Waals surface area (Å²) in [4.78, 5) is 32.2. The zero-order chi connectivity index (χ0) is 22.7. The first-order chi connectivity index (χ1) is 15.5.